The number of rotatable bonds is 3. The lowest BCUT2D eigenvalue weighted by Crippen LogP contribution is -2.12. The van der Waals surface area contributed by atoms with Crippen LogP contribution in [-0.4, -0.2) is 16.1 Å². The number of aromatic amines is 1. The van der Waals surface area contributed by atoms with Crippen LogP contribution in [0.1, 0.15) is 5.69 Å². The first-order valence-corrected chi connectivity index (χ1v) is 6.13. The summed E-state index contributed by atoms with van der Waals surface area (Å²) in [6.45, 7) is 0. The van der Waals surface area contributed by atoms with E-state index >= 15 is 0 Å². The Balaban J connectivity index is 2.68. The second kappa shape index (κ2) is 5.47. The van der Waals surface area contributed by atoms with Gasteiger partial charge in [-0.1, -0.05) is 29.3 Å². The summed E-state index contributed by atoms with van der Waals surface area (Å²) in [7, 11) is 0. The van der Waals surface area contributed by atoms with Gasteiger partial charge < -0.3 is 10.1 Å². The second-order valence-electron chi connectivity index (χ2n) is 3.88. The normalized spacial score (nSPS) is 10.4. The number of benzene rings is 1. The van der Waals surface area contributed by atoms with Gasteiger partial charge in [0.1, 0.15) is 0 Å². The molecule has 0 amide bonds. The van der Waals surface area contributed by atoms with Crippen molar-refractivity contribution < 1.29 is 9.90 Å². The highest BCUT2D eigenvalue weighted by Crippen LogP contribution is 2.35. The number of halogens is 2. The molecule has 0 atom stereocenters. The zero-order valence-corrected chi connectivity index (χ0v) is 11.1. The quantitative estimate of drug-likeness (QED) is 0.915. The Morgan fingerprint density at radius 1 is 1.16 bits per heavy atom. The number of nitrogens with one attached hydrogen (secondary N) is 1. The predicted molar refractivity (Wildman–Crippen MR) is 73.9 cm³/mol. The van der Waals surface area contributed by atoms with E-state index in [4.69, 9.17) is 28.3 Å². The van der Waals surface area contributed by atoms with Crippen LogP contribution in [0, 0.1) is 0 Å². The van der Waals surface area contributed by atoms with Crippen LogP contribution < -0.4 is 5.56 Å². The first kappa shape index (κ1) is 13.6. The van der Waals surface area contributed by atoms with Crippen molar-refractivity contribution in [3.63, 3.8) is 0 Å². The second-order valence-corrected chi connectivity index (χ2v) is 4.70. The molecule has 0 bridgehead atoms. The minimum atomic E-state index is -1.05. The molecule has 2 N–H and O–H groups in total. The first-order chi connectivity index (χ1) is 8.99. The summed E-state index contributed by atoms with van der Waals surface area (Å²) in [6.07, 6.45) is -0.313. The van der Waals surface area contributed by atoms with Crippen LogP contribution in [0.4, 0.5) is 0 Å². The van der Waals surface area contributed by atoms with Gasteiger partial charge in [-0.05, 0) is 18.2 Å². The van der Waals surface area contributed by atoms with E-state index in [9.17, 15) is 9.59 Å². The molecule has 0 unspecified atom stereocenters. The van der Waals surface area contributed by atoms with Crippen molar-refractivity contribution in [1.82, 2.24) is 4.98 Å². The van der Waals surface area contributed by atoms with Crippen molar-refractivity contribution in [2.45, 2.75) is 6.42 Å². The topological polar surface area (TPSA) is 70.2 Å². The first-order valence-electron chi connectivity index (χ1n) is 5.37. The fourth-order valence-electron chi connectivity index (χ4n) is 1.80. The molecule has 1 aromatic carbocycles. The smallest absolute Gasteiger partial charge is 0.309 e. The van der Waals surface area contributed by atoms with E-state index in [0.717, 1.165) is 0 Å². The fraction of sp³-hybridized carbons (Fsp3) is 0.0769. The van der Waals surface area contributed by atoms with Gasteiger partial charge in [-0.2, -0.15) is 0 Å². The molecule has 0 saturated heterocycles. The number of carbonyl (C=O) groups is 1. The van der Waals surface area contributed by atoms with Crippen molar-refractivity contribution in [2.75, 3.05) is 0 Å². The van der Waals surface area contributed by atoms with E-state index in [2.05, 4.69) is 4.98 Å². The maximum absolute atomic E-state index is 11.3. The number of carboxylic acid groups (broad SMARTS) is 1. The number of pyridine rings is 1. The molecule has 0 radical (unpaired) electrons. The molecule has 0 saturated carbocycles. The Bertz CT molecular complexity index is 674. The number of hydrogen-bond acceptors (Lipinski definition) is 2. The summed E-state index contributed by atoms with van der Waals surface area (Å²) in [5.41, 5.74) is 0.925. The Hall–Kier alpha value is -1.78. The highest BCUT2D eigenvalue weighted by molar-refractivity contribution is 6.39. The van der Waals surface area contributed by atoms with E-state index in [1.807, 2.05) is 0 Å². The van der Waals surface area contributed by atoms with Gasteiger partial charge in [-0.15, -0.1) is 0 Å². The van der Waals surface area contributed by atoms with Crippen LogP contribution in [0.25, 0.3) is 11.1 Å². The highest BCUT2D eigenvalue weighted by Gasteiger charge is 2.15. The van der Waals surface area contributed by atoms with Crippen molar-refractivity contribution >= 4 is 29.2 Å². The molecule has 98 valence electrons. The van der Waals surface area contributed by atoms with E-state index in [1.165, 1.54) is 12.1 Å². The molecular weight excluding hydrogens is 289 g/mol. The highest BCUT2D eigenvalue weighted by atomic mass is 35.5. The molecule has 0 aliphatic heterocycles. The van der Waals surface area contributed by atoms with Gasteiger partial charge in [-0.3, -0.25) is 9.59 Å². The average Bonchev–Trinajstić information content (AvgIpc) is 2.30. The molecule has 0 aliphatic carbocycles. The Labute approximate surface area is 118 Å². The number of carboxylic acids is 1. The van der Waals surface area contributed by atoms with Crippen LogP contribution in [0.2, 0.25) is 10.0 Å². The van der Waals surface area contributed by atoms with Gasteiger partial charge in [0.05, 0.1) is 6.42 Å². The lowest BCUT2D eigenvalue weighted by Gasteiger charge is -2.11. The van der Waals surface area contributed by atoms with E-state index < -0.39 is 5.97 Å². The molecule has 1 aromatic heterocycles. The maximum atomic E-state index is 11.3. The minimum Gasteiger partial charge on any atom is -0.481 e. The number of hydrogen-bond donors (Lipinski definition) is 2. The SMILES string of the molecule is O=C(O)Cc1[nH]c(=O)ccc1-c1c(Cl)cccc1Cl. The summed E-state index contributed by atoms with van der Waals surface area (Å²) in [6, 6.07) is 7.82. The molecule has 1 heterocycles. The monoisotopic (exact) mass is 297 g/mol. The van der Waals surface area contributed by atoms with Crippen LogP contribution >= 0.6 is 23.2 Å². The molecule has 0 fully saturated rings. The molecule has 2 aromatic rings. The van der Waals surface area contributed by atoms with Gasteiger partial charge in [0.15, 0.2) is 0 Å². The lowest BCUT2D eigenvalue weighted by molar-refractivity contribution is -0.136. The zero-order chi connectivity index (χ0) is 14.0. The molecule has 19 heavy (non-hydrogen) atoms. The van der Waals surface area contributed by atoms with Gasteiger partial charge in [0.2, 0.25) is 5.56 Å². The number of H-pyrrole nitrogens is 1. The van der Waals surface area contributed by atoms with Gasteiger partial charge >= 0.3 is 5.97 Å². The summed E-state index contributed by atoms with van der Waals surface area (Å²) < 4.78 is 0. The summed E-state index contributed by atoms with van der Waals surface area (Å²) in [5.74, 6) is -1.05. The molecule has 0 spiro atoms. The number of aromatic nitrogens is 1. The molecule has 2 rings (SSSR count). The van der Waals surface area contributed by atoms with Crippen molar-refractivity contribution in [2.24, 2.45) is 0 Å². The molecular formula is C13H9Cl2NO3. The average molecular weight is 298 g/mol. The Morgan fingerprint density at radius 2 is 1.79 bits per heavy atom. The third-order valence-electron chi connectivity index (χ3n) is 2.56. The fourth-order valence-corrected chi connectivity index (χ4v) is 2.40. The van der Waals surface area contributed by atoms with Crippen LogP contribution in [-0.2, 0) is 11.2 Å². The van der Waals surface area contributed by atoms with Crippen molar-refractivity contribution in [1.29, 1.82) is 0 Å². The standard InChI is InChI=1S/C13H9Cl2NO3/c14-8-2-1-3-9(15)13(8)7-4-5-11(17)16-10(7)6-12(18)19/h1-5H,6H2,(H,16,17)(H,18,19). The maximum Gasteiger partial charge on any atom is 0.309 e. The Kier molecular flexibility index (Phi) is 3.93. The van der Waals surface area contributed by atoms with Crippen molar-refractivity contribution in [3.8, 4) is 11.1 Å². The Morgan fingerprint density at radius 3 is 2.37 bits per heavy atom. The summed E-state index contributed by atoms with van der Waals surface area (Å²) in [4.78, 5) is 24.7. The van der Waals surface area contributed by atoms with E-state index in [-0.39, 0.29) is 17.7 Å². The van der Waals surface area contributed by atoms with Crippen molar-refractivity contribution in [3.05, 3.63) is 56.4 Å². The summed E-state index contributed by atoms with van der Waals surface area (Å²) >= 11 is 12.2. The van der Waals surface area contributed by atoms with Gasteiger partial charge in [-0.25, -0.2) is 0 Å². The minimum absolute atomic E-state index is 0.273. The van der Waals surface area contributed by atoms with E-state index in [0.29, 0.717) is 21.2 Å². The van der Waals surface area contributed by atoms with Gasteiger partial charge in [0, 0.05) is 32.9 Å². The summed E-state index contributed by atoms with van der Waals surface area (Å²) in [5, 5.41) is 9.67. The van der Waals surface area contributed by atoms with Gasteiger partial charge in [0.25, 0.3) is 0 Å². The predicted octanol–water partition coefficient (Wildman–Crippen LogP) is 2.98. The van der Waals surface area contributed by atoms with Crippen LogP contribution in [0.3, 0.4) is 0 Å². The van der Waals surface area contributed by atoms with E-state index in [1.54, 1.807) is 18.2 Å². The zero-order valence-electron chi connectivity index (χ0n) is 9.61. The largest absolute Gasteiger partial charge is 0.481 e. The molecule has 6 heteroatoms. The molecule has 4 nitrogen and oxygen atoms in total. The number of aliphatic carboxylic acids is 1. The molecule has 0 aliphatic rings. The van der Waals surface area contributed by atoms with Crippen LogP contribution in [0.15, 0.2) is 35.1 Å². The third-order valence-corrected chi connectivity index (χ3v) is 3.19. The van der Waals surface area contributed by atoms with Crippen LogP contribution in [0.5, 0.6) is 0 Å². The lowest BCUT2D eigenvalue weighted by atomic mass is 10.0. The third kappa shape index (κ3) is 2.97.